The lowest BCUT2D eigenvalue weighted by Gasteiger charge is -2.08. The van der Waals surface area contributed by atoms with Crippen LogP contribution in [0.4, 0.5) is 4.39 Å². The maximum atomic E-state index is 13.2. The van der Waals surface area contributed by atoms with Gasteiger partial charge in [-0.15, -0.1) is 0 Å². The third-order valence-corrected chi connectivity index (χ3v) is 5.20. The molecule has 5 nitrogen and oxygen atoms in total. The lowest BCUT2D eigenvalue weighted by molar-refractivity contribution is -0.145. The summed E-state index contributed by atoms with van der Waals surface area (Å²) in [5, 5.41) is 17.3. The number of sulfone groups is 1. The first kappa shape index (κ1) is 14.0. The summed E-state index contributed by atoms with van der Waals surface area (Å²) in [6, 6.07) is 5.13. The van der Waals surface area contributed by atoms with Crippen molar-refractivity contribution >= 4 is 15.8 Å². The van der Waals surface area contributed by atoms with Crippen molar-refractivity contribution in [3.63, 3.8) is 0 Å². The zero-order valence-electron chi connectivity index (χ0n) is 10.1. The van der Waals surface area contributed by atoms with Crippen molar-refractivity contribution in [3.05, 3.63) is 35.6 Å². The fourth-order valence-corrected chi connectivity index (χ4v) is 4.62. The molecule has 2 rings (SSSR count). The van der Waals surface area contributed by atoms with E-state index in [4.69, 9.17) is 0 Å². The maximum Gasteiger partial charge on any atom is 0.314 e. The molecule has 0 bridgehead atoms. The molecule has 1 saturated carbocycles. The van der Waals surface area contributed by atoms with Crippen molar-refractivity contribution in [2.24, 2.45) is 5.41 Å². The van der Waals surface area contributed by atoms with Crippen LogP contribution in [0.2, 0.25) is 0 Å². The lowest BCUT2D eigenvalue weighted by atomic mass is 10.00. The Morgan fingerprint density at radius 1 is 1.47 bits per heavy atom. The van der Waals surface area contributed by atoms with E-state index in [0.29, 0.717) is 0 Å². The van der Waals surface area contributed by atoms with Gasteiger partial charge in [-0.05, 0) is 17.7 Å². The maximum absolute atomic E-state index is 13.2. The minimum Gasteiger partial charge on any atom is -0.481 e. The monoisotopic (exact) mass is 288 g/mol. The predicted octanol–water partition coefficient (Wildman–Crippen LogP) is 0.399. The largest absolute Gasteiger partial charge is 0.481 e. The Hall–Kier alpha value is -1.47. The van der Waals surface area contributed by atoms with Crippen LogP contribution in [-0.4, -0.2) is 42.7 Å². The molecule has 0 amide bonds. The zero-order valence-corrected chi connectivity index (χ0v) is 10.9. The second-order valence-corrected chi connectivity index (χ2v) is 6.95. The SMILES string of the molecule is CS(=O)(=O)[C@H]1[C@@H](c2cccc(F)c2)[C@@]1(CO)C(=O)O. The highest BCUT2D eigenvalue weighted by Gasteiger charge is 2.74. The van der Waals surface area contributed by atoms with Crippen molar-refractivity contribution in [2.45, 2.75) is 11.2 Å². The van der Waals surface area contributed by atoms with E-state index in [0.717, 1.165) is 12.3 Å². The Balaban J connectivity index is 2.53. The molecule has 7 heteroatoms. The number of carbonyl (C=O) groups is 1. The van der Waals surface area contributed by atoms with Gasteiger partial charge in [-0.3, -0.25) is 4.79 Å². The highest BCUT2D eigenvalue weighted by Crippen LogP contribution is 2.62. The fourth-order valence-electron chi connectivity index (χ4n) is 2.72. The van der Waals surface area contributed by atoms with Gasteiger partial charge in [-0.1, -0.05) is 12.1 Å². The second kappa shape index (κ2) is 4.28. The van der Waals surface area contributed by atoms with Crippen LogP contribution in [0, 0.1) is 11.2 Å². The molecule has 0 aromatic heterocycles. The van der Waals surface area contributed by atoms with Crippen LogP contribution in [0.15, 0.2) is 24.3 Å². The van der Waals surface area contributed by atoms with E-state index in [-0.39, 0.29) is 5.56 Å². The van der Waals surface area contributed by atoms with Gasteiger partial charge in [0.15, 0.2) is 9.84 Å². The van der Waals surface area contributed by atoms with Crippen LogP contribution in [-0.2, 0) is 14.6 Å². The van der Waals surface area contributed by atoms with E-state index in [1.54, 1.807) is 0 Å². The summed E-state index contributed by atoms with van der Waals surface area (Å²) in [7, 11) is -3.67. The van der Waals surface area contributed by atoms with Crippen LogP contribution in [0.1, 0.15) is 11.5 Å². The number of hydrogen-bond donors (Lipinski definition) is 2. The number of aliphatic hydroxyl groups is 1. The Morgan fingerprint density at radius 3 is 2.47 bits per heavy atom. The smallest absolute Gasteiger partial charge is 0.314 e. The molecule has 1 fully saturated rings. The number of aliphatic carboxylic acids is 1. The standard InChI is InChI=1S/C12H13FO5S/c1-19(17,18)10-9(12(10,6-14)11(15)16)7-3-2-4-8(13)5-7/h2-5,9-10,14H,6H2,1H3,(H,15,16)/t9-,10+,12-/m1/s1. The number of rotatable bonds is 4. The van der Waals surface area contributed by atoms with Crippen LogP contribution in [0.25, 0.3) is 0 Å². The van der Waals surface area contributed by atoms with E-state index >= 15 is 0 Å². The summed E-state index contributed by atoms with van der Waals surface area (Å²) in [5.41, 5.74) is -1.51. The highest BCUT2D eigenvalue weighted by molar-refractivity contribution is 7.91. The number of hydrogen-bond acceptors (Lipinski definition) is 4. The molecule has 0 radical (unpaired) electrons. The Morgan fingerprint density at radius 2 is 2.11 bits per heavy atom. The van der Waals surface area contributed by atoms with Gasteiger partial charge in [-0.2, -0.15) is 0 Å². The molecule has 1 aliphatic rings. The molecule has 0 heterocycles. The Bertz CT molecular complexity index is 627. The second-order valence-electron chi connectivity index (χ2n) is 4.79. The van der Waals surface area contributed by atoms with Crippen molar-refractivity contribution in [1.82, 2.24) is 0 Å². The van der Waals surface area contributed by atoms with E-state index < -0.39 is 44.8 Å². The van der Waals surface area contributed by atoms with Crippen molar-refractivity contribution in [3.8, 4) is 0 Å². The normalized spacial score (nSPS) is 30.1. The first-order valence-corrected chi connectivity index (χ1v) is 7.49. The summed E-state index contributed by atoms with van der Waals surface area (Å²) in [6.45, 7) is -0.804. The topological polar surface area (TPSA) is 91.7 Å². The lowest BCUT2D eigenvalue weighted by Crippen LogP contribution is -2.27. The molecule has 19 heavy (non-hydrogen) atoms. The van der Waals surface area contributed by atoms with Gasteiger partial charge in [-0.25, -0.2) is 12.8 Å². The molecule has 1 aromatic carbocycles. The van der Waals surface area contributed by atoms with Gasteiger partial charge in [0.2, 0.25) is 0 Å². The highest BCUT2D eigenvalue weighted by atomic mass is 32.2. The van der Waals surface area contributed by atoms with Gasteiger partial charge in [0, 0.05) is 12.2 Å². The average molecular weight is 288 g/mol. The third kappa shape index (κ3) is 2.02. The molecule has 0 saturated heterocycles. The molecule has 2 N–H and O–H groups in total. The molecule has 1 aromatic rings. The summed E-state index contributed by atoms with van der Waals surface area (Å²) in [6.07, 6.45) is 0.921. The minimum absolute atomic E-state index is 0.270. The Kier molecular flexibility index (Phi) is 3.14. The third-order valence-electron chi connectivity index (χ3n) is 3.59. The number of halogens is 1. The number of carboxylic acids is 1. The molecule has 0 spiro atoms. The Labute approximate surface area is 109 Å². The molecular weight excluding hydrogens is 275 g/mol. The molecule has 0 unspecified atom stereocenters. The molecule has 0 aliphatic heterocycles. The molecule has 3 atom stereocenters. The number of carboxylic acid groups (broad SMARTS) is 1. The predicted molar refractivity (Wildman–Crippen MR) is 64.9 cm³/mol. The number of aliphatic hydroxyl groups excluding tert-OH is 1. The van der Waals surface area contributed by atoms with Crippen LogP contribution in [0.5, 0.6) is 0 Å². The average Bonchev–Trinajstić information content (AvgIpc) is 2.99. The number of benzene rings is 1. The van der Waals surface area contributed by atoms with Gasteiger partial charge < -0.3 is 10.2 Å². The molecular formula is C12H13FO5S. The quantitative estimate of drug-likeness (QED) is 0.836. The van der Waals surface area contributed by atoms with E-state index in [1.165, 1.54) is 18.2 Å². The van der Waals surface area contributed by atoms with Crippen LogP contribution < -0.4 is 0 Å². The fraction of sp³-hybridized carbons (Fsp3) is 0.417. The van der Waals surface area contributed by atoms with Crippen LogP contribution >= 0.6 is 0 Å². The molecule has 104 valence electrons. The zero-order chi connectivity index (χ0) is 14.4. The first-order valence-electron chi connectivity index (χ1n) is 5.53. The van der Waals surface area contributed by atoms with Gasteiger partial charge in [0.05, 0.1) is 11.9 Å². The van der Waals surface area contributed by atoms with Gasteiger partial charge in [0.25, 0.3) is 0 Å². The minimum atomic E-state index is -3.67. The summed E-state index contributed by atoms with van der Waals surface area (Å²) >= 11 is 0. The first-order chi connectivity index (χ1) is 8.75. The van der Waals surface area contributed by atoms with E-state index in [1.807, 2.05) is 0 Å². The van der Waals surface area contributed by atoms with Crippen molar-refractivity contribution in [1.29, 1.82) is 0 Å². The van der Waals surface area contributed by atoms with Crippen molar-refractivity contribution in [2.75, 3.05) is 12.9 Å². The summed E-state index contributed by atoms with van der Waals surface area (Å²) < 4.78 is 36.5. The van der Waals surface area contributed by atoms with E-state index in [9.17, 15) is 27.8 Å². The van der Waals surface area contributed by atoms with Crippen LogP contribution in [0.3, 0.4) is 0 Å². The van der Waals surface area contributed by atoms with Crippen molar-refractivity contribution < 1.29 is 27.8 Å². The summed E-state index contributed by atoms with van der Waals surface area (Å²) in [4.78, 5) is 11.3. The van der Waals surface area contributed by atoms with Gasteiger partial charge in [0.1, 0.15) is 11.2 Å². The molecule has 1 aliphatic carbocycles. The summed E-state index contributed by atoms with van der Waals surface area (Å²) in [5.74, 6) is -2.89. The van der Waals surface area contributed by atoms with E-state index in [2.05, 4.69) is 0 Å². The van der Waals surface area contributed by atoms with Gasteiger partial charge >= 0.3 is 5.97 Å².